The molecule has 0 fully saturated rings. The van der Waals surface area contributed by atoms with Crippen molar-refractivity contribution in [2.24, 2.45) is 0 Å². The van der Waals surface area contributed by atoms with Crippen LogP contribution in [0.3, 0.4) is 0 Å². The number of halogens is 2. The Balaban J connectivity index is 2.32. The maximum absolute atomic E-state index is 5.62. The van der Waals surface area contributed by atoms with Gasteiger partial charge in [-0.3, -0.25) is 0 Å². The Bertz CT molecular complexity index is 262. The van der Waals surface area contributed by atoms with Crippen LogP contribution in [0.25, 0.3) is 0 Å². The van der Waals surface area contributed by atoms with Crippen molar-refractivity contribution in [2.45, 2.75) is 39.0 Å². The van der Waals surface area contributed by atoms with Crippen molar-refractivity contribution in [3.8, 4) is 0 Å². The number of oxazole rings is 1. The zero-order chi connectivity index (χ0) is 9.68. The molecule has 2 nitrogen and oxygen atoms in total. The van der Waals surface area contributed by atoms with Crippen LogP contribution in [-0.4, -0.2) is 4.98 Å². The van der Waals surface area contributed by atoms with Crippen LogP contribution in [0.15, 0.2) is 4.42 Å². The predicted molar refractivity (Wildman–Crippen MR) is 62.1 cm³/mol. The van der Waals surface area contributed by atoms with E-state index < -0.39 is 0 Å². The molecule has 0 radical (unpaired) electrons. The fraction of sp³-hybridized carbons (Fsp3) is 0.667. The molecule has 0 atom stereocenters. The first kappa shape index (κ1) is 11.3. The topological polar surface area (TPSA) is 26.0 Å². The number of unbranched alkanes of at least 4 members (excludes halogenated alkanes) is 3. The maximum Gasteiger partial charge on any atom is 0.293 e. The van der Waals surface area contributed by atoms with E-state index >= 15 is 0 Å². The Morgan fingerprint density at radius 3 is 2.69 bits per heavy atom. The van der Waals surface area contributed by atoms with E-state index in [0.29, 0.717) is 0 Å². The van der Waals surface area contributed by atoms with Crippen LogP contribution in [0.2, 0.25) is 5.35 Å². The molecule has 1 rings (SSSR count). The number of hydrogen-bond donors (Lipinski definition) is 0. The van der Waals surface area contributed by atoms with Gasteiger partial charge in [0.25, 0.3) is 5.35 Å². The highest BCUT2D eigenvalue weighted by Crippen LogP contribution is 2.19. The molecule has 1 heterocycles. The second-order valence-corrected chi connectivity index (χ2v) is 4.30. The number of nitrogens with zero attached hydrogens (tertiary/aromatic N) is 1. The monoisotopic (exact) mass is 313 g/mol. The molecule has 1 aromatic heterocycles. The zero-order valence-electron chi connectivity index (χ0n) is 7.65. The fourth-order valence-electron chi connectivity index (χ4n) is 1.18. The lowest BCUT2D eigenvalue weighted by atomic mass is 10.1. The Morgan fingerprint density at radius 1 is 1.38 bits per heavy atom. The van der Waals surface area contributed by atoms with E-state index in [0.717, 1.165) is 15.9 Å². The van der Waals surface area contributed by atoms with Crippen LogP contribution in [0.5, 0.6) is 0 Å². The lowest BCUT2D eigenvalue weighted by molar-refractivity contribution is 0.528. The average molecular weight is 314 g/mol. The summed E-state index contributed by atoms with van der Waals surface area (Å²) in [6.45, 7) is 2.21. The molecule has 0 spiro atoms. The van der Waals surface area contributed by atoms with Gasteiger partial charge in [0.15, 0.2) is 3.77 Å². The van der Waals surface area contributed by atoms with Crippen molar-refractivity contribution in [3.63, 3.8) is 0 Å². The van der Waals surface area contributed by atoms with E-state index in [4.69, 9.17) is 16.0 Å². The summed E-state index contributed by atoms with van der Waals surface area (Å²) in [6, 6.07) is 0. The van der Waals surface area contributed by atoms with Gasteiger partial charge in [0.05, 0.1) is 5.69 Å². The second kappa shape index (κ2) is 5.86. The van der Waals surface area contributed by atoms with E-state index in [1.54, 1.807) is 0 Å². The lowest BCUT2D eigenvalue weighted by Gasteiger charge is -1.96. The van der Waals surface area contributed by atoms with Crippen LogP contribution in [0.4, 0.5) is 0 Å². The molecule has 13 heavy (non-hydrogen) atoms. The molecule has 0 aliphatic heterocycles. The van der Waals surface area contributed by atoms with Gasteiger partial charge in [0.2, 0.25) is 0 Å². The van der Waals surface area contributed by atoms with Gasteiger partial charge in [-0.1, -0.05) is 26.2 Å². The van der Waals surface area contributed by atoms with Gasteiger partial charge in [0.1, 0.15) is 0 Å². The summed E-state index contributed by atoms with van der Waals surface area (Å²) >= 11 is 7.75. The molecule has 0 aliphatic carbocycles. The van der Waals surface area contributed by atoms with E-state index in [1.807, 2.05) is 0 Å². The first-order valence-corrected chi connectivity index (χ1v) is 6.00. The Labute approximate surface area is 97.2 Å². The van der Waals surface area contributed by atoms with Crippen LogP contribution < -0.4 is 0 Å². The molecule has 0 unspecified atom stereocenters. The third-order valence-electron chi connectivity index (χ3n) is 1.89. The predicted octanol–water partition coefficient (Wildman–Crippen LogP) is 4.06. The molecule has 0 aliphatic rings. The normalized spacial score (nSPS) is 10.7. The summed E-state index contributed by atoms with van der Waals surface area (Å²) in [6.07, 6.45) is 5.97. The number of hydrogen-bond acceptors (Lipinski definition) is 2. The minimum Gasteiger partial charge on any atom is -0.421 e. The summed E-state index contributed by atoms with van der Waals surface area (Å²) in [5.74, 6) is 0. The molecule has 0 N–H and O–H groups in total. The van der Waals surface area contributed by atoms with Crippen LogP contribution in [-0.2, 0) is 6.42 Å². The minimum atomic E-state index is 0.259. The van der Waals surface area contributed by atoms with Crippen LogP contribution >= 0.6 is 34.2 Å². The third-order valence-corrected chi connectivity index (χ3v) is 2.90. The molecule has 0 saturated heterocycles. The second-order valence-electron chi connectivity index (χ2n) is 3.00. The third kappa shape index (κ3) is 3.85. The van der Waals surface area contributed by atoms with Gasteiger partial charge < -0.3 is 4.42 Å². The average Bonchev–Trinajstić information content (AvgIpc) is 2.39. The summed E-state index contributed by atoms with van der Waals surface area (Å²) < 4.78 is 5.94. The quantitative estimate of drug-likeness (QED) is 0.605. The maximum atomic E-state index is 5.62. The first-order chi connectivity index (χ1) is 6.24. The van der Waals surface area contributed by atoms with Crippen LogP contribution in [0.1, 0.15) is 38.3 Å². The van der Waals surface area contributed by atoms with Gasteiger partial charge >= 0.3 is 0 Å². The van der Waals surface area contributed by atoms with Crippen molar-refractivity contribution in [1.29, 1.82) is 0 Å². The van der Waals surface area contributed by atoms with Gasteiger partial charge in [0, 0.05) is 22.6 Å². The Kier molecular flexibility index (Phi) is 5.09. The van der Waals surface area contributed by atoms with Gasteiger partial charge in [-0.2, -0.15) is 0 Å². The Hall–Kier alpha value is 0.230. The van der Waals surface area contributed by atoms with Crippen LogP contribution in [0, 0.1) is 3.77 Å². The molecule has 0 aromatic carbocycles. The molecule has 4 heteroatoms. The number of aryl methyl sites for hydroxylation is 1. The summed E-state index contributed by atoms with van der Waals surface area (Å²) in [5, 5.41) is 0.259. The van der Waals surface area contributed by atoms with Crippen molar-refractivity contribution in [1.82, 2.24) is 4.98 Å². The molecule has 1 aromatic rings. The SMILES string of the molecule is CCCCCCc1nc(Cl)oc1I. The largest absolute Gasteiger partial charge is 0.421 e. The van der Waals surface area contributed by atoms with E-state index in [9.17, 15) is 0 Å². The molecular formula is C9H13ClINO. The highest BCUT2D eigenvalue weighted by molar-refractivity contribution is 14.1. The number of aromatic nitrogens is 1. The summed E-state index contributed by atoms with van der Waals surface area (Å²) in [7, 11) is 0. The highest BCUT2D eigenvalue weighted by atomic mass is 127. The highest BCUT2D eigenvalue weighted by Gasteiger charge is 2.07. The van der Waals surface area contributed by atoms with Gasteiger partial charge in [-0.25, -0.2) is 4.98 Å². The zero-order valence-corrected chi connectivity index (χ0v) is 10.6. The van der Waals surface area contributed by atoms with Crippen molar-refractivity contribution >= 4 is 34.2 Å². The summed E-state index contributed by atoms with van der Waals surface area (Å²) in [4.78, 5) is 4.10. The first-order valence-electron chi connectivity index (χ1n) is 4.54. The van der Waals surface area contributed by atoms with Gasteiger partial charge in [-0.15, -0.1) is 0 Å². The Morgan fingerprint density at radius 2 is 2.15 bits per heavy atom. The number of rotatable bonds is 5. The molecular weight excluding hydrogens is 300 g/mol. The van der Waals surface area contributed by atoms with Crippen molar-refractivity contribution in [3.05, 3.63) is 14.8 Å². The molecule has 74 valence electrons. The molecule has 0 saturated carbocycles. The van der Waals surface area contributed by atoms with E-state index in [1.165, 1.54) is 25.7 Å². The summed E-state index contributed by atoms with van der Waals surface area (Å²) in [5.41, 5.74) is 1.00. The smallest absolute Gasteiger partial charge is 0.293 e. The van der Waals surface area contributed by atoms with E-state index in [2.05, 4.69) is 34.5 Å². The fourth-order valence-corrected chi connectivity index (χ4v) is 2.09. The molecule has 0 amide bonds. The van der Waals surface area contributed by atoms with Gasteiger partial charge in [-0.05, 0) is 24.4 Å². The molecule has 0 bridgehead atoms. The lowest BCUT2D eigenvalue weighted by Crippen LogP contribution is -1.88. The minimum absolute atomic E-state index is 0.259. The van der Waals surface area contributed by atoms with Crippen molar-refractivity contribution < 1.29 is 4.42 Å². The van der Waals surface area contributed by atoms with Crippen molar-refractivity contribution in [2.75, 3.05) is 0 Å². The van der Waals surface area contributed by atoms with E-state index in [-0.39, 0.29) is 5.35 Å². The standard InChI is InChI=1S/C9H13ClINO/c1-2-3-4-5-6-7-8(11)13-9(10)12-7/h2-6H2,1H3.